The fourth-order valence-electron chi connectivity index (χ4n) is 6.13. The van der Waals surface area contributed by atoms with Gasteiger partial charge in [0.2, 0.25) is 5.91 Å². The minimum atomic E-state index is -4.54. The highest BCUT2D eigenvalue weighted by molar-refractivity contribution is 5.76. The molecule has 4 fully saturated rings. The summed E-state index contributed by atoms with van der Waals surface area (Å²) in [6, 6.07) is 1.58. The van der Waals surface area contributed by atoms with E-state index in [2.05, 4.69) is 5.32 Å². The Balaban J connectivity index is 1.45. The number of pyridine rings is 1. The molecule has 1 heterocycles. The molecular formula is C20H25F3N2O2. The lowest BCUT2D eigenvalue weighted by molar-refractivity contribution is -0.138. The maximum Gasteiger partial charge on any atom is 0.417 e. The van der Waals surface area contributed by atoms with E-state index in [9.17, 15) is 22.8 Å². The van der Waals surface area contributed by atoms with Crippen LogP contribution in [0.1, 0.15) is 51.0 Å². The van der Waals surface area contributed by atoms with Crippen molar-refractivity contribution < 1.29 is 18.0 Å². The summed E-state index contributed by atoms with van der Waals surface area (Å²) in [4.78, 5) is 24.3. The number of hydrogen-bond donors (Lipinski definition) is 1. The van der Waals surface area contributed by atoms with Crippen molar-refractivity contribution in [2.45, 2.75) is 64.2 Å². The molecule has 4 bridgehead atoms. The third-order valence-electron chi connectivity index (χ3n) is 7.01. The van der Waals surface area contributed by atoms with Crippen LogP contribution < -0.4 is 10.9 Å². The summed E-state index contributed by atoms with van der Waals surface area (Å²) in [5.74, 6) is 1.85. The lowest BCUT2D eigenvalue weighted by Crippen LogP contribution is -2.56. The number of carbonyl (C=O) groups is 1. The molecule has 0 aliphatic heterocycles. The van der Waals surface area contributed by atoms with Crippen molar-refractivity contribution in [1.29, 1.82) is 0 Å². The van der Waals surface area contributed by atoms with Gasteiger partial charge in [0.25, 0.3) is 5.56 Å². The van der Waals surface area contributed by atoms with E-state index < -0.39 is 23.2 Å². The van der Waals surface area contributed by atoms with Crippen molar-refractivity contribution in [2.24, 2.45) is 23.2 Å². The van der Waals surface area contributed by atoms with Crippen LogP contribution in [0.25, 0.3) is 0 Å². The van der Waals surface area contributed by atoms with Gasteiger partial charge in [0.15, 0.2) is 0 Å². The van der Waals surface area contributed by atoms with Gasteiger partial charge in [-0.1, -0.05) is 0 Å². The van der Waals surface area contributed by atoms with Crippen LogP contribution in [0.2, 0.25) is 0 Å². The Kier molecular flexibility index (Phi) is 4.39. The minimum absolute atomic E-state index is 0.0279. The van der Waals surface area contributed by atoms with Gasteiger partial charge in [-0.25, -0.2) is 0 Å². The highest BCUT2D eigenvalue weighted by Gasteiger charge is 2.53. The van der Waals surface area contributed by atoms with Gasteiger partial charge in [-0.2, -0.15) is 13.2 Å². The van der Waals surface area contributed by atoms with E-state index in [1.165, 1.54) is 19.3 Å². The number of alkyl halides is 3. The normalized spacial score (nSPS) is 33.1. The molecule has 4 aliphatic carbocycles. The zero-order valence-electron chi connectivity index (χ0n) is 15.4. The summed E-state index contributed by atoms with van der Waals surface area (Å²) < 4.78 is 39.4. The molecule has 0 unspecified atom stereocenters. The molecule has 4 aliphatic rings. The predicted molar refractivity (Wildman–Crippen MR) is 93.9 cm³/mol. The summed E-state index contributed by atoms with van der Waals surface area (Å²) in [5, 5.41) is 2.99. The molecular weight excluding hydrogens is 357 g/mol. The minimum Gasteiger partial charge on any atom is -0.352 e. The third-order valence-corrected chi connectivity index (χ3v) is 7.01. The molecule has 0 spiro atoms. The molecule has 1 aromatic heterocycles. The highest BCUT2D eigenvalue weighted by atomic mass is 19.4. The Morgan fingerprint density at radius 3 is 2.26 bits per heavy atom. The molecule has 0 aromatic carbocycles. The van der Waals surface area contributed by atoms with E-state index in [0.717, 1.165) is 59.9 Å². The number of nitrogens with zero attached hydrogens (tertiary/aromatic N) is 1. The van der Waals surface area contributed by atoms with Crippen molar-refractivity contribution in [1.82, 2.24) is 9.88 Å². The van der Waals surface area contributed by atoms with Crippen LogP contribution in [0.4, 0.5) is 13.2 Å². The zero-order chi connectivity index (χ0) is 19.4. The number of amides is 1. The molecule has 4 nitrogen and oxygen atoms in total. The molecule has 1 aromatic rings. The number of rotatable bonds is 4. The van der Waals surface area contributed by atoms with Crippen LogP contribution >= 0.6 is 0 Å². The predicted octanol–water partition coefficient (Wildman–Crippen LogP) is 3.59. The first kappa shape index (κ1) is 18.6. The number of nitrogens with one attached hydrogen (secondary N) is 1. The van der Waals surface area contributed by atoms with E-state index in [-0.39, 0.29) is 18.0 Å². The molecule has 5 rings (SSSR count). The first-order chi connectivity index (χ1) is 12.6. The molecule has 1 amide bonds. The number of halogens is 3. The van der Waals surface area contributed by atoms with Crippen LogP contribution in [0, 0.1) is 23.2 Å². The Bertz CT molecular complexity index is 764. The van der Waals surface area contributed by atoms with Crippen molar-refractivity contribution in [3.8, 4) is 0 Å². The Labute approximate surface area is 156 Å². The monoisotopic (exact) mass is 382 g/mol. The quantitative estimate of drug-likeness (QED) is 0.865. The lowest BCUT2D eigenvalue weighted by atomic mass is 9.48. The smallest absolute Gasteiger partial charge is 0.352 e. The molecule has 4 saturated carbocycles. The lowest BCUT2D eigenvalue weighted by Gasteiger charge is -2.59. The van der Waals surface area contributed by atoms with E-state index in [1.807, 2.05) is 6.92 Å². The number of aromatic nitrogens is 1. The molecule has 0 saturated heterocycles. The number of hydrogen-bond acceptors (Lipinski definition) is 2. The van der Waals surface area contributed by atoms with Gasteiger partial charge < -0.3 is 9.88 Å². The van der Waals surface area contributed by atoms with Gasteiger partial charge in [0, 0.05) is 18.3 Å². The van der Waals surface area contributed by atoms with Crippen LogP contribution in [0.3, 0.4) is 0 Å². The Hall–Kier alpha value is -1.79. The van der Waals surface area contributed by atoms with E-state index >= 15 is 0 Å². The van der Waals surface area contributed by atoms with Crippen LogP contribution in [0.5, 0.6) is 0 Å². The molecule has 7 heteroatoms. The van der Waals surface area contributed by atoms with Crippen molar-refractivity contribution in [3.63, 3.8) is 0 Å². The van der Waals surface area contributed by atoms with Crippen molar-refractivity contribution >= 4 is 5.91 Å². The topological polar surface area (TPSA) is 51.1 Å². The average Bonchev–Trinajstić information content (AvgIpc) is 2.54. The van der Waals surface area contributed by atoms with E-state index in [1.54, 1.807) is 0 Å². The van der Waals surface area contributed by atoms with Gasteiger partial charge in [0.05, 0.1) is 5.56 Å². The van der Waals surface area contributed by atoms with Crippen LogP contribution in [-0.4, -0.2) is 16.5 Å². The summed E-state index contributed by atoms with van der Waals surface area (Å²) >= 11 is 0. The second-order valence-electron chi connectivity index (χ2n) is 8.95. The van der Waals surface area contributed by atoms with Gasteiger partial charge in [-0.05, 0) is 74.7 Å². The van der Waals surface area contributed by atoms with Crippen molar-refractivity contribution in [2.75, 3.05) is 0 Å². The second kappa shape index (κ2) is 6.38. The molecule has 27 heavy (non-hydrogen) atoms. The van der Waals surface area contributed by atoms with Crippen LogP contribution in [0.15, 0.2) is 23.1 Å². The highest BCUT2D eigenvalue weighted by Crippen LogP contribution is 2.61. The zero-order valence-corrected chi connectivity index (χ0v) is 15.4. The van der Waals surface area contributed by atoms with Crippen LogP contribution in [-0.2, 0) is 17.5 Å². The summed E-state index contributed by atoms with van der Waals surface area (Å²) in [5.41, 5.74) is -1.42. The molecule has 148 valence electrons. The molecule has 0 radical (unpaired) electrons. The van der Waals surface area contributed by atoms with Crippen molar-refractivity contribution in [3.05, 3.63) is 34.2 Å². The molecule has 1 atom stereocenters. The Morgan fingerprint density at radius 2 is 1.74 bits per heavy atom. The standard InChI is InChI=1S/C20H25F3N2O2/c1-12(19-7-13-4-14(8-19)6-15(5-13)9-19)24-17(26)11-25-10-16(20(21,22)23)2-3-18(25)27/h2-3,10,12-15H,4-9,11H2,1H3,(H,24,26)/t12-,13?,14?,15?,19?/m1/s1. The fourth-order valence-corrected chi connectivity index (χ4v) is 6.13. The van der Waals surface area contributed by atoms with Gasteiger partial charge in [-0.3, -0.25) is 9.59 Å². The van der Waals surface area contributed by atoms with Gasteiger partial charge >= 0.3 is 6.18 Å². The maximum absolute atomic E-state index is 12.9. The summed E-state index contributed by atoms with van der Waals surface area (Å²) in [7, 11) is 0. The third kappa shape index (κ3) is 3.52. The molecule has 1 N–H and O–H groups in total. The number of carbonyl (C=O) groups excluding carboxylic acids is 1. The fraction of sp³-hybridized carbons (Fsp3) is 0.700. The largest absolute Gasteiger partial charge is 0.417 e. The first-order valence-corrected chi connectivity index (χ1v) is 9.72. The summed E-state index contributed by atoms with van der Waals surface area (Å²) in [6.45, 7) is 1.62. The van der Waals surface area contributed by atoms with E-state index in [0.29, 0.717) is 0 Å². The van der Waals surface area contributed by atoms with Gasteiger partial charge in [-0.15, -0.1) is 0 Å². The second-order valence-corrected chi connectivity index (χ2v) is 8.95. The SMILES string of the molecule is C[C@@H](NC(=O)Cn1cc(C(F)(F)F)ccc1=O)C12CC3CC(CC(C3)C1)C2. The van der Waals surface area contributed by atoms with Gasteiger partial charge in [0.1, 0.15) is 6.54 Å². The first-order valence-electron chi connectivity index (χ1n) is 9.72. The maximum atomic E-state index is 12.9. The Morgan fingerprint density at radius 1 is 1.19 bits per heavy atom. The average molecular weight is 382 g/mol. The summed E-state index contributed by atoms with van der Waals surface area (Å²) in [6.07, 6.45) is 3.48. The van der Waals surface area contributed by atoms with E-state index in [4.69, 9.17) is 0 Å².